The van der Waals surface area contributed by atoms with Gasteiger partial charge in [-0.2, -0.15) is 0 Å². The van der Waals surface area contributed by atoms with Crippen LogP contribution in [0.15, 0.2) is 53.4 Å². The summed E-state index contributed by atoms with van der Waals surface area (Å²) in [6, 6.07) is 7.58. The SMILES string of the molecule is CN(C)C=CC1CCN(c2nccc3oc(-c4cnc5ccc(OCC6CCC(=O)N6)nn45)cc23)C1. The standard InChI is InChI=1S/C26H29N7O3/c1-31(2)11-8-17-9-12-32(15-17)26-19-13-22(36-21(19)7-10-27-26)20-14-28-23-4-6-25(30-33(20)23)35-16-18-3-5-24(34)29-18/h4,6-8,10-11,13-14,17-18H,3,5,9,12,15-16H2,1-2H3,(H,29,34). The third-order valence-electron chi connectivity index (χ3n) is 6.71. The van der Waals surface area contributed by atoms with Crippen molar-refractivity contribution in [2.75, 3.05) is 38.7 Å². The fourth-order valence-corrected chi connectivity index (χ4v) is 4.85. The molecule has 2 fully saturated rings. The quantitative estimate of drug-likeness (QED) is 0.424. The van der Waals surface area contributed by atoms with Crippen molar-refractivity contribution in [2.24, 2.45) is 5.92 Å². The number of amides is 1. The predicted molar refractivity (Wildman–Crippen MR) is 136 cm³/mol. The summed E-state index contributed by atoms with van der Waals surface area (Å²) >= 11 is 0. The molecule has 10 nitrogen and oxygen atoms in total. The number of fused-ring (bicyclic) bond motifs is 2. The molecule has 6 heterocycles. The van der Waals surface area contributed by atoms with Gasteiger partial charge in [0.25, 0.3) is 0 Å². The van der Waals surface area contributed by atoms with E-state index in [1.54, 1.807) is 23.0 Å². The van der Waals surface area contributed by atoms with Crippen molar-refractivity contribution in [3.8, 4) is 17.3 Å². The molecule has 1 amide bonds. The second-order valence-corrected chi connectivity index (χ2v) is 9.66. The van der Waals surface area contributed by atoms with E-state index in [1.807, 2.05) is 32.3 Å². The lowest BCUT2D eigenvalue weighted by Gasteiger charge is -2.17. The van der Waals surface area contributed by atoms with Gasteiger partial charge >= 0.3 is 0 Å². The average molecular weight is 488 g/mol. The third kappa shape index (κ3) is 4.34. The molecular weight excluding hydrogens is 458 g/mol. The van der Waals surface area contributed by atoms with Crippen molar-refractivity contribution in [1.82, 2.24) is 29.8 Å². The van der Waals surface area contributed by atoms with Crippen LogP contribution in [-0.4, -0.2) is 70.2 Å². The lowest BCUT2D eigenvalue weighted by atomic mass is 10.1. The van der Waals surface area contributed by atoms with Gasteiger partial charge in [0.15, 0.2) is 11.4 Å². The molecule has 0 aliphatic carbocycles. The van der Waals surface area contributed by atoms with Gasteiger partial charge in [0.2, 0.25) is 11.8 Å². The molecule has 0 saturated carbocycles. The van der Waals surface area contributed by atoms with Gasteiger partial charge in [0.1, 0.15) is 23.7 Å². The summed E-state index contributed by atoms with van der Waals surface area (Å²) in [5, 5.41) is 8.51. The maximum Gasteiger partial charge on any atom is 0.231 e. The predicted octanol–water partition coefficient (Wildman–Crippen LogP) is 3.10. The van der Waals surface area contributed by atoms with Crippen LogP contribution in [0.3, 0.4) is 0 Å². The molecule has 2 saturated heterocycles. The number of hydrogen-bond acceptors (Lipinski definition) is 8. The minimum absolute atomic E-state index is 0.0158. The lowest BCUT2D eigenvalue weighted by molar-refractivity contribution is -0.119. The Morgan fingerprint density at radius 2 is 2.17 bits per heavy atom. The first kappa shape index (κ1) is 22.4. The molecule has 186 valence electrons. The number of pyridine rings is 1. The summed E-state index contributed by atoms with van der Waals surface area (Å²) in [7, 11) is 4.08. The normalized spacial score (nSPS) is 20.2. The van der Waals surface area contributed by atoms with Crippen molar-refractivity contribution < 1.29 is 13.9 Å². The van der Waals surface area contributed by atoms with Crippen LogP contribution in [0.5, 0.6) is 5.88 Å². The van der Waals surface area contributed by atoms with Crippen LogP contribution in [0, 0.1) is 5.92 Å². The van der Waals surface area contributed by atoms with Crippen molar-refractivity contribution in [3.63, 3.8) is 0 Å². The number of imidazole rings is 1. The van der Waals surface area contributed by atoms with E-state index in [2.05, 4.69) is 37.5 Å². The summed E-state index contributed by atoms with van der Waals surface area (Å²) < 4.78 is 13.8. The number of carbonyl (C=O) groups is 1. The van der Waals surface area contributed by atoms with Gasteiger partial charge in [0, 0.05) is 45.9 Å². The Balaban J connectivity index is 1.26. The summed E-state index contributed by atoms with van der Waals surface area (Å²) in [5.41, 5.74) is 2.21. The summed E-state index contributed by atoms with van der Waals surface area (Å²) in [4.78, 5) is 25.0. The van der Waals surface area contributed by atoms with Gasteiger partial charge in [-0.1, -0.05) is 6.08 Å². The largest absolute Gasteiger partial charge is 0.474 e. The fraction of sp³-hybridized carbons (Fsp3) is 0.385. The Morgan fingerprint density at radius 3 is 3.00 bits per heavy atom. The maximum absolute atomic E-state index is 11.4. The van der Waals surface area contributed by atoms with Gasteiger partial charge in [-0.3, -0.25) is 4.79 Å². The molecule has 0 spiro atoms. The Hall–Kier alpha value is -4.08. The second kappa shape index (κ2) is 9.18. The molecule has 0 radical (unpaired) electrons. The second-order valence-electron chi connectivity index (χ2n) is 9.66. The van der Waals surface area contributed by atoms with Crippen molar-refractivity contribution in [1.29, 1.82) is 0 Å². The van der Waals surface area contributed by atoms with E-state index in [4.69, 9.17) is 14.1 Å². The first-order valence-corrected chi connectivity index (χ1v) is 12.3. The van der Waals surface area contributed by atoms with E-state index in [1.165, 1.54) is 0 Å². The number of anilines is 1. The number of nitrogens with one attached hydrogen (secondary N) is 1. The molecule has 4 aromatic heterocycles. The molecule has 2 atom stereocenters. The molecule has 0 aromatic carbocycles. The molecular formula is C26H29N7O3. The Bertz CT molecular complexity index is 1440. The lowest BCUT2D eigenvalue weighted by Crippen LogP contribution is -2.31. The van der Waals surface area contributed by atoms with Crippen molar-refractivity contribution in [2.45, 2.75) is 25.3 Å². The molecule has 0 bridgehead atoms. The monoisotopic (exact) mass is 487 g/mol. The minimum Gasteiger partial charge on any atom is -0.474 e. The Morgan fingerprint density at radius 1 is 1.25 bits per heavy atom. The van der Waals surface area contributed by atoms with Crippen molar-refractivity contribution >= 4 is 28.3 Å². The number of carbonyl (C=O) groups excluding carboxylic acids is 1. The number of rotatable bonds is 7. The van der Waals surface area contributed by atoms with Crippen LogP contribution < -0.4 is 15.0 Å². The highest BCUT2D eigenvalue weighted by atomic mass is 16.5. The summed E-state index contributed by atoms with van der Waals surface area (Å²) in [6.07, 6.45) is 10.4. The van der Waals surface area contributed by atoms with Crippen LogP contribution in [0.1, 0.15) is 19.3 Å². The van der Waals surface area contributed by atoms with Crippen LogP contribution in [0.4, 0.5) is 5.82 Å². The number of ether oxygens (including phenoxy) is 1. The number of nitrogens with zero attached hydrogens (tertiary/aromatic N) is 6. The van der Waals surface area contributed by atoms with E-state index in [0.717, 1.165) is 48.4 Å². The van der Waals surface area contributed by atoms with Gasteiger partial charge in [-0.05, 0) is 43.2 Å². The van der Waals surface area contributed by atoms with Gasteiger partial charge < -0.3 is 24.3 Å². The van der Waals surface area contributed by atoms with E-state index >= 15 is 0 Å². The topological polar surface area (TPSA) is 101 Å². The fourth-order valence-electron chi connectivity index (χ4n) is 4.85. The Kier molecular flexibility index (Phi) is 5.71. The zero-order valence-electron chi connectivity index (χ0n) is 20.4. The highest BCUT2D eigenvalue weighted by molar-refractivity contribution is 5.92. The van der Waals surface area contributed by atoms with Crippen LogP contribution >= 0.6 is 0 Å². The van der Waals surface area contributed by atoms with Gasteiger partial charge in [-0.15, -0.1) is 5.10 Å². The summed E-state index contributed by atoms with van der Waals surface area (Å²) in [5.74, 6) is 2.64. The number of hydrogen-bond donors (Lipinski definition) is 1. The molecule has 1 N–H and O–H groups in total. The molecule has 2 aliphatic heterocycles. The zero-order chi connectivity index (χ0) is 24.6. The van der Waals surface area contributed by atoms with E-state index in [0.29, 0.717) is 36.2 Å². The highest BCUT2D eigenvalue weighted by Gasteiger charge is 2.25. The zero-order valence-corrected chi connectivity index (χ0v) is 20.4. The van der Waals surface area contributed by atoms with E-state index in [9.17, 15) is 4.79 Å². The molecule has 2 aliphatic rings. The molecule has 10 heteroatoms. The first-order valence-electron chi connectivity index (χ1n) is 12.3. The Labute approximate surface area is 208 Å². The maximum atomic E-state index is 11.4. The average Bonchev–Trinajstić information content (AvgIpc) is 3.66. The number of furan rings is 1. The molecule has 4 aromatic rings. The first-order chi connectivity index (χ1) is 17.5. The van der Waals surface area contributed by atoms with Crippen LogP contribution in [-0.2, 0) is 4.79 Å². The van der Waals surface area contributed by atoms with Crippen molar-refractivity contribution in [3.05, 3.63) is 48.9 Å². The molecule has 2 unspecified atom stereocenters. The third-order valence-corrected chi connectivity index (χ3v) is 6.71. The van der Waals surface area contributed by atoms with Gasteiger partial charge in [-0.25, -0.2) is 14.5 Å². The number of aromatic nitrogens is 4. The minimum atomic E-state index is 0.0158. The van der Waals surface area contributed by atoms with E-state index < -0.39 is 0 Å². The molecule has 6 rings (SSSR count). The molecule has 36 heavy (non-hydrogen) atoms. The van der Waals surface area contributed by atoms with E-state index in [-0.39, 0.29) is 11.9 Å². The van der Waals surface area contributed by atoms with Gasteiger partial charge in [0.05, 0.1) is 17.6 Å². The van der Waals surface area contributed by atoms with Crippen LogP contribution in [0.25, 0.3) is 28.1 Å². The smallest absolute Gasteiger partial charge is 0.231 e. The summed E-state index contributed by atoms with van der Waals surface area (Å²) in [6.45, 7) is 2.26. The van der Waals surface area contributed by atoms with Crippen LogP contribution in [0.2, 0.25) is 0 Å². The highest BCUT2D eigenvalue weighted by Crippen LogP contribution is 2.35.